The van der Waals surface area contributed by atoms with E-state index < -0.39 is 11.6 Å². The van der Waals surface area contributed by atoms with Crippen molar-refractivity contribution in [1.82, 2.24) is 0 Å². The van der Waals surface area contributed by atoms with Crippen LogP contribution in [-0.4, -0.2) is 37.4 Å². The monoisotopic (exact) mass is 330 g/mol. The Hall–Kier alpha value is -1.10. The molecule has 0 saturated carbocycles. The summed E-state index contributed by atoms with van der Waals surface area (Å²) in [5, 5.41) is 0. The molecule has 0 aliphatic rings. The van der Waals surface area contributed by atoms with Gasteiger partial charge in [0.2, 0.25) is 0 Å². The highest BCUT2D eigenvalue weighted by Gasteiger charge is 2.15. The SMILES string of the molecule is CCCCCCCCCC(=O)OCCOCC(=O)OC(C)(C)C. The van der Waals surface area contributed by atoms with E-state index in [0.717, 1.165) is 12.8 Å². The molecular formula is C18H34O5. The van der Waals surface area contributed by atoms with Crippen LogP contribution in [0.5, 0.6) is 0 Å². The van der Waals surface area contributed by atoms with E-state index in [1.807, 2.05) is 0 Å². The summed E-state index contributed by atoms with van der Waals surface area (Å²) in [4.78, 5) is 22.9. The highest BCUT2D eigenvalue weighted by atomic mass is 16.6. The van der Waals surface area contributed by atoms with Gasteiger partial charge < -0.3 is 14.2 Å². The predicted molar refractivity (Wildman–Crippen MR) is 90.2 cm³/mol. The van der Waals surface area contributed by atoms with E-state index >= 15 is 0 Å². The van der Waals surface area contributed by atoms with Crippen molar-refractivity contribution in [2.24, 2.45) is 0 Å². The summed E-state index contributed by atoms with van der Waals surface area (Å²) in [6.45, 7) is 7.88. The minimum Gasteiger partial charge on any atom is -0.463 e. The number of hydrogen-bond donors (Lipinski definition) is 0. The quantitative estimate of drug-likeness (QED) is 0.377. The third-order valence-electron chi connectivity index (χ3n) is 3.12. The Morgan fingerprint density at radius 1 is 0.826 bits per heavy atom. The molecule has 0 saturated heterocycles. The molecule has 0 aliphatic heterocycles. The second-order valence-corrected chi connectivity index (χ2v) is 6.73. The van der Waals surface area contributed by atoms with E-state index in [4.69, 9.17) is 14.2 Å². The number of ether oxygens (including phenoxy) is 3. The van der Waals surface area contributed by atoms with Gasteiger partial charge in [-0.1, -0.05) is 45.4 Å². The van der Waals surface area contributed by atoms with Crippen LogP contribution in [-0.2, 0) is 23.8 Å². The Bertz CT molecular complexity index is 320. The normalized spacial score (nSPS) is 11.3. The Balaban J connectivity index is 3.38. The number of rotatable bonds is 13. The van der Waals surface area contributed by atoms with Crippen molar-refractivity contribution in [3.8, 4) is 0 Å². The molecule has 23 heavy (non-hydrogen) atoms. The molecule has 0 unspecified atom stereocenters. The molecule has 0 aromatic heterocycles. The van der Waals surface area contributed by atoms with Crippen molar-refractivity contribution >= 4 is 11.9 Å². The molecule has 5 nitrogen and oxygen atoms in total. The molecule has 136 valence electrons. The lowest BCUT2D eigenvalue weighted by molar-refractivity contribution is -0.161. The van der Waals surface area contributed by atoms with Crippen LogP contribution in [0.15, 0.2) is 0 Å². The average molecular weight is 330 g/mol. The third kappa shape index (κ3) is 17.1. The van der Waals surface area contributed by atoms with Gasteiger partial charge in [-0.25, -0.2) is 4.79 Å². The van der Waals surface area contributed by atoms with Gasteiger partial charge in [-0.15, -0.1) is 0 Å². The van der Waals surface area contributed by atoms with Crippen LogP contribution in [0.3, 0.4) is 0 Å². The van der Waals surface area contributed by atoms with Crippen LogP contribution in [0.2, 0.25) is 0 Å². The topological polar surface area (TPSA) is 61.8 Å². The van der Waals surface area contributed by atoms with E-state index in [0.29, 0.717) is 6.42 Å². The van der Waals surface area contributed by atoms with Crippen LogP contribution in [0.1, 0.15) is 79.1 Å². The molecular weight excluding hydrogens is 296 g/mol. The molecule has 0 heterocycles. The first kappa shape index (κ1) is 21.9. The van der Waals surface area contributed by atoms with Gasteiger partial charge in [-0.3, -0.25) is 4.79 Å². The molecule has 0 bridgehead atoms. The van der Waals surface area contributed by atoms with Crippen molar-refractivity contribution in [3.05, 3.63) is 0 Å². The lowest BCUT2D eigenvalue weighted by Crippen LogP contribution is -2.27. The highest BCUT2D eigenvalue weighted by Crippen LogP contribution is 2.09. The number of unbranched alkanes of at least 4 members (excludes halogenated alkanes) is 6. The fourth-order valence-corrected chi connectivity index (χ4v) is 2.04. The first-order chi connectivity index (χ1) is 10.8. The molecule has 5 heteroatoms. The smallest absolute Gasteiger partial charge is 0.332 e. The van der Waals surface area contributed by atoms with Crippen molar-refractivity contribution in [2.75, 3.05) is 19.8 Å². The molecule has 0 amide bonds. The van der Waals surface area contributed by atoms with E-state index in [1.54, 1.807) is 20.8 Å². The summed E-state index contributed by atoms with van der Waals surface area (Å²) in [6, 6.07) is 0. The van der Waals surface area contributed by atoms with E-state index in [1.165, 1.54) is 32.1 Å². The van der Waals surface area contributed by atoms with Crippen molar-refractivity contribution in [3.63, 3.8) is 0 Å². The maximum absolute atomic E-state index is 11.5. The molecule has 0 aromatic rings. The molecule has 0 fully saturated rings. The predicted octanol–water partition coefficient (Wildman–Crippen LogP) is 4.03. The van der Waals surface area contributed by atoms with Crippen LogP contribution >= 0.6 is 0 Å². The lowest BCUT2D eigenvalue weighted by atomic mass is 10.1. The zero-order valence-electron chi connectivity index (χ0n) is 15.3. The maximum atomic E-state index is 11.5. The average Bonchev–Trinajstić information content (AvgIpc) is 2.44. The van der Waals surface area contributed by atoms with Crippen molar-refractivity contribution in [2.45, 2.75) is 84.7 Å². The zero-order chi connectivity index (χ0) is 17.6. The first-order valence-electron chi connectivity index (χ1n) is 8.80. The summed E-state index contributed by atoms with van der Waals surface area (Å²) in [5.74, 6) is -0.605. The molecule has 0 radical (unpaired) electrons. The Morgan fingerprint density at radius 2 is 1.43 bits per heavy atom. The molecule has 0 rings (SSSR count). The number of esters is 2. The van der Waals surface area contributed by atoms with Gasteiger partial charge in [-0.2, -0.15) is 0 Å². The fourth-order valence-electron chi connectivity index (χ4n) is 2.04. The van der Waals surface area contributed by atoms with Gasteiger partial charge in [0.15, 0.2) is 0 Å². The minimum absolute atomic E-state index is 0.118. The van der Waals surface area contributed by atoms with E-state index in [9.17, 15) is 9.59 Å². The Morgan fingerprint density at radius 3 is 2.04 bits per heavy atom. The summed E-state index contributed by atoms with van der Waals surface area (Å²) in [7, 11) is 0. The Kier molecular flexibility index (Phi) is 12.7. The van der Waals surface area contributed by atoms with Crippen molar-refractivity contribution in [1.29, 1.82) is 0 Å². The first-order valence-corrected chi connectivity index (χ1v) is 8.80. The maximum Gasteiger partial charge on any atom is 0.332 e. The molecule has 0 N–H and O–H groups in total. The Labute approximate surface area is 141 Å². The lowest BCUT2D eigenvalue weighted by Gasteiger charge is -2.19. The summed E-state index contributed by atoms with van der Waals surface area (Å²) in [6.07, 6.45) is 8.69. The second kappa shape index (κ2) is 13.3. The van der Waals surface area contributed by atoms with Crippen LogP contribution in [0.4, 0.5) is 0 Å². The standard InChI is InChI=1S/C18H34O5/c1-5-6-7-8-9-10-11-12-16(19)22-14-13-21-15-17(20)23-18(2,3)4/h5-15H2,1-4H3. The van der Waals surface area contributed by atoms with Gasteiger partial charge in [0, 0.05) is 6.42 Å². The number of hydrogen-bond acceptors (Lipinski definition) is 5. The summed E-state index contributed by atoms with van der Waals surface area (Å²) in [5.41, 5.74) is -0.510. The molecule has 0 atom stereocenters. The summed E-state index contributed by atoms with van der Waals surface area (Å²) < 4.78 is 15.3. The highest BCUT2D eigenvalue weighted by molar-refractivity contribution is 5.71. The minimum atomic E-state index is -0.510. The molecule has 0 aliphatic carbocycles. The van der Waals surface area contributed by atoms with Gasteiger partial charge in [-0.05, 0) is 27.2 Å². The molecule has 0 aromatic carbocycles. The molecule has 0 spiro atoms. The van der Waals surface area contributed by atoms with E-state index in [-0.39, 0.29) is 25.8 Å². The largest absolute Gasteiger partial charge is 0.463 e. The number of carbonyl (C=O) groups excluding carboxylic acids is 2. The van der Waals surface area contributed by atoms with Crippen LogP contribution < -0.4 is 0 Å². The fraction of sp³-hybridized carbons (Fsp3) is 0.889. The third-order valence-corrected chi connectivity index (χ3v) is 3.12. The van der Waals surface area contributed by atoms with Gasteiger partial charge in [0.25, 0.3) is 0 Å². The number of carbonyl (C=O) groups is 2. The van der Waals surface area contributed by atoms with E-state index in [2.05, 4.69) is 6.92 Å². The van der Waals surface area contributed by atoms with Crippen molar-refractivity contribution < 1.29 is 23.8 Å². The second-order valence-electron chi connectivity index (χ2n) is 6.73. The van der Waals surface area contributed by atoms with Crippen LogP contribution in [0.25, 0.3) is 0 Å². The summed E-state index contributed by atoms with van der Waals surface area (Å²) >= 11 is 0. The zero-order valence-corrected chi connectivity index (χ0v) is 15.3. The van der Waals surface area contributed by atoms with Gasteiger partial charge in [0.1, 0.15) is 18.8 Å². The van der Waals surface area contributed by atoms with Gasteiger partial charge in [0.05, 0.1) is 6.61 Å². The van der Waals surface area contributed by atoms with Gasteiger partial charge >= 0.3 is 11.9 Å². The van der Waals surface area contributed by atoms with Crippen LogP contribution in [0, 0.1) is 0 Å².